The molecule has 4 rings (SSSR count). The highest BCUT2D eigenvalue weighted by atomic mass is 32.1. The maximum absolute atomic E-state index is 5.86. The van der Waals surface area contributed by atoms with Crippen molar-refractivity contribution < 1.29 is 4.74 Å². The minimum absolute atomic E-state index is 0.431. The predicted molar refractivity (Wildman–Crippen MR) is 103 cm³/mol. The number of ether oxygens (including phenoxy) is 1. The van der Waals surface area contributed by atoms with Gasteiger partial charge in [0.25, 0.3) is 0 Å². The SMILES string of the molecule is c1ccc(COc2ccc(-c3csc(C4CCCCN4)n3)cc2)cc1. The molecule has 1 aliphatic rings. The van der Waals surface area contributed by atoms with Crippen LogP contribution in [0.25, 0.3) is 11.3 Å². The summed E-state index contributed by atoms with van der Waals surface area (Å²) in [5.41, 5.74) is 3.38. The molecule has 25 heavy (non-hydrogen) atoms. The van der Waals surface area contributed by atoms with Gasteiger partial charge in [-0.25, -0.2) is 4.98 Å². The summed E-state index contributed by atoms with van der Waals surface area (Å²) in [5, 5.41) is 6.94. The van der Waals surface area contributed by atoms with Crippen LogP contribution in [0.1, 0.15) is 35.9 Å². The average molecular weight is 350 g/mol. The van der Waals surface area contributed by atoms with Crippen molar-refractivity contribution in [2.24, 2.45) is 0 Å². The molecular weight excluding hydrogens is 328 g/mol. The molecule has 4 heteroatoms. The minimum Gasteiger partial charge on any atom is -0.489 e. The van der Waals surface area contributed by atoms with Gasteiger partial charge in [-0.05, 0) is 49.2 Å². The molecule has 0 radical (unpaired) electrons. The zero-order valence-corrected chi connectivity index (χ0v) is 15.0. The Morgan fingerprint density at radius 1 is 1.04 bits per heavy atom. The van der Waals surface area contributed by atoms with Gasteiger partial charge in [0.2, 0.25) is 0 Å². The Morgan fingerprint density at radius 3 is 2.64 bits per heavy atom. The third-order valence-corrected chi connectivity index (χ3v) is 5.49. The Kier molecular flexibility index (Phi) is 5.09. The van der Waals surface area contributed by atoms with E-state index in [0.717, 1.165) is 23.6 Å². The molecule has 1 fully saturated rings. The van der Waals surface area contributed by atoms with Gasteiger partial charge in [0.1, 0.15) is 17.4 Å². The van der Waals surface area contributed by atoms with E-state index < -0.39 is 0 Å². The zero-order valence-electron chi connectivity index (χ0n) is 14.2. The van der Waals surface area contributed by atoms with Crippen LogP contribution < -0.4 is 10.1 Å². The molecule has 0 spiro atoms. The molecule has 3 aromatic rings. The maximum atomic E-state index is 5.86. The number of nitrogens with zero attached hydrogens (tertiary/aromatic N) is 1. The van der Waals surface area contributed by atoms with Crippen LogP contribution in [0.15, 0.2) is 60.0 Å². The van der Waals surface area contributed by atoms with Crippen molar-refractivity contribution in [2.45, 2.75) is 31.9 Å². The molecule has 1 N–H and O–H groups in total. The van der Waals surface area contributed by atoms with E-state index in [4.69, 9.17) is 9.72 Å². The van der Waals surface area contributed by atoms with Gasteiger partial charge in [0.05, 0.1) is 11.7 Å². The number of nitrogens with one attached hydrogen (secondary N) is 1. The van der Waals surface area contributed by atoms with Crippen LogP contribution in [-0.2, 0) is 6.61 Å². The van der Waals surface area contributed by atoms with Crippen LogP contribution in [0, 0.1) is 0 Å². The van der Waals surface area contributed by atoms with Crippen molar-refractivity contribution in [1.29, 1.82) is 0 Å². The first kappa shape index (κ1) is 16.3. The monoisotopic (exact) mass is 350 g/mol. The van der Waals surface area contributed by atoms with E-state index in [9.17, 15) is 0 Å². The van der Waals surface area contributed by atoms with Crippen molar-refractivity contribution in [1.82, 2.24) is 10.3 Å². The van der Waals surface area contributed by atoms with Crippen molar-refractivity contribution in [3.05, 3.63) is 70.5 Å². The Hall–Kier alpha value is -2.17. The van der Waals surface area contributed by atoms with Gasteiger partial charge in [0.15, 0.2) is 0 Å². The van der Waals surface area contributed by atoms with E-state index in [1.165, 1.54) is 29.8 Å². The summed E-state index contributed by atoms with van der Waals surface area (Å²) < 4.78 is 5.86. The molecule has 0 saturated carbocycles. The standard InChI is InChI=1S/C21H22N2OS/c1-2-6-16(7-3-1)14-24-18-11-9-17(10-12-18)20-15-25-21(23-20)19-8-4-5-13-22-19/h1-3,6-7,9-12,15,19,22H,4-5,8,13-14H2. The minimum atomic E-state index is 0.431. The molecule has 128 valence electrons. The van der Waals surface area contributed by atoms with Gasteiger partial charge in [-0.3, -0.25) is 0 Å². The molecular formula is C21H22N2OS. The van der Waals surface area contributed by atoms with E-state index in [1.807, 2.05) is 30.3 Å². The quantitative estimate of drug-likeness (QED) is 0.686. The van der Waals surface area contributed by atoms with Crippen LogP contribution in [0.2, 0.25) is 0 Å². The van der Waals surface area contributed by atoms with Gasteiger partial charge in [-0.1, -0.05) is 36.8 Å². The van der Waals surface area contributed by atoms with Crippen LogP contribution in [-0.4, -0.2) is 11.5 Å². The first-order chi connectivity index (χ1) is 12.4. The first-order valence-electron chi connectivity index (χ1n) is 8.84. The van der Waals surface area contributed by atoms with E-state index in [1.54, 1.807) is 11.3 Å². The Balaban J connectivity index is 1.40. The van der Waals surface area contributed by atoms with Gasteiger partial charge in [-0.2, -0.15) is 0 Å². The third kappa shape index (κ3) is 4.09. The summed E-state index contributed by atoms with van der Waals surface area (Å²) >= 11 is 1.76. The number of rotatable bonds is 5. The molecule has 2 aromatic carbocycles. The average Bonchev–Trinajstić information content (AvgIpc) is 3.19. The van der Waals surface area contributed by atoms with Crippen LogP contribution in [0.5, 0.6) is 5.75 Å². The summed E-state index contributed by atoms with van der Waals surface area (Å²) in [6, 6.07) is 18.9. The second-order valence-corrected chi connectivity index (χ2v) is 7.26. The summed E-state index contributed by atoms with van der Waals surface area (Å²) in [6.45, 7) is 1.70. The molecule has 1 aromatic heterocycles. The number of hydrogen-bond acceptors (Lipinski definition) is 4. The highest BCUT2D eigenvalue weighted by Crippen LogP contribution is 2.30. The largest absolute Gasteiger partial charge is 0.489 e. The Morgan fingerprint density at radius 2 is 1.88 bits per heavy atom. The van der Waals surface area contributed by atoms with Gasteiger partial charge in [0, 0.05) is 10.9 Å². The fourth-order valence-electron chi connectivity index (χ4n) is 3.11. The molecule has 0 aliphatic carbocycles. The predicted octanol–water partition coefficient (Wildman–Crippen LogP) is 5.20. The second kappa shape index (κ2) is 7.81. The topological polar surface area (TPSA) is 34.1 Å². The maximum Gasteiger partial charge on any atom is 0.119 e. The van der Waals surface area contributed by atoms with Crippen molar-refractivity contribution in [2.75, 3.05) is 6.54 Å². The molecule has 0 bridgehead atoms. The smallest absolute Gasteiger partial charge is 0.119 e. The third-order valence-electron chi connectivity index (χ3n) is 4.53. The second-order valence-electron chi connectivity index (χ2n) is 6.37. The first-order valence-corrected chi connectivity index (χ1v) is 9.72. The summed E-state index contributed by atoms with van der Waals surface area (Å²) in [4.78, 5) is 4.84. The molecule has 1 saturated heterocycles. The Labute approximate surface area is 152 Å². The number of aromatic nitrogens is 1. The number of hydrogen-bond donors (Lipinski definition) is 1. The van der Waals surface area contributed by atoms with Crippen molar-refractivity contribution >= 4 is 11.3 Å². The van der Waals surface area contributed by atoms with Crippen LogP contribution in [0.3, 0.4) is 0 Å². The highest BCUT2D eigenvalue weighted by Gasteiger charge is 2.18. The molecule has 1 aliphatic heterocycles. The lowest BCUT2D eigenvalue weighted by Crippen LogP contribution is -2.26. The summed E-state index contributed by atoms with van der Waals surface area (Å²) in [5.74, 6) is 0.886. The number of piperidine rings is 1. The van der Waals surface area contributed by atoms with E-state index in [2.05, 4.69) is 35.0 Å². The van der Waals surface area contributed by atoms with Gasteiger partial charge in [-0.15, -0.1) is 11.3 Å². The lowest BCUT2D eigenvalue weighted by atomic mass is 10.1. The van der Waals surface area contributed by atoms with E-state index in [-0.39, 0.29) is 0 Å². The van der Waals surface area contributed by atoms with Gasteiger partial charge < -0.3 is 10.1 Å². The normalized spacial score (nSPS) is 17.4. The van der Waals surface area contributed by atoms with Crippen LogP contribution in [0.4, 0.5) is 0 Å². The zero-order chi connectivity index (χ0) is 16.9. The lowest BCUT2D eigenvalue weighted by molar-refractivity contribution is 0.306. The summed E-state index contributed by atoms with van der Waals surface area (Å²) in [6.07, 6.45) is 3.76. The fourth-order valence-corrected chi connectivity index (χ4v) is 4.04. The summed E-state index contributed by atoms with van der Waals surface area (Å²) in [7, 11) is 0. The lowest BCUT2D eigenvalue weighted by Gasteiger charge is -2.21. The molecule has 2 heterocycles. The molecule has 0 amide bonds. The molecule has 1 unspecified atom stereocenters. The number of thiazole rings is 1. The molecule has 1 atom stereocenters. The molecule has 3 nitrogen and oxygen atoms in total. The fraction of sp³-hybridized carbons (Fsp3) is 0.286. The number of benzene rings is 2. The Bertz CT molecular complexity index is 792. The van der Waals surface area contributed by atoms with Gasteiger partial charge >= 0.3 is 0 Å². The van der Waals surface area contributed by atoms with E-state index in [0.29, 0.717) is 12.6 Å². The van der Waals surface area contributed by atoms with Crippen molar-refractivity contribution in [3.8, 4) is 17.0 Å². The van der Waals surface area contributed by atoms with Crippen molar-refractivity contribution in [3.63, 3.8) is 0 Å². The van der Waals surface area contributed by atoms with Crippen LogP contribution >= 0.6 is 11.3 Å². The van der Waals surface area contributed by atoms with E-state index >= 15 is 0 Å². The highest BCUT2D eigenvalue weighted by molar-refractivity contribution is 7.10.